The molecule has 7 heteroatoms. The van der Waals surface area contributed by atoms with Gasteiger partial charge in [0, 0.05) is 29.6 Å². The summed E-state index contributed by atoms with van der Waals surface area (Å²) >= 11 is 0. The molecule has 1 aromatic heterocycles. The average molecular weight is 498 g/mol. The lowest BCUT2D eigenvalue weighted by Gasteiger charge is -2.47. The minimum atomic E-state index is -0.557. The molecule has 2 aromatic carbocycles. The fraction of sp³-hybridized carbons (Fsp3) is 0.367. The number of allylic oxidation sites excluding steroid dienone is 1. The van der Waals surface area contributed by atoms with Gasteiger partial charge in [-0.1, -0.05) is 42.0 Å². The Morgan fingerprint density at radius 1 is 1.08 bits per heavy atom. The lowest BCUT2D eigenvalue weighted by molar-refractivity contribution is -0.158. The highest BCUT2D eigenvalue weighted by molar-refractivity contribution is 5.97. The van der Waals surface area contributed by atoms with Crippen LogP contribution in [-0.2, 0) is 20.7 Å². The van der Waals surface area contributed by atoms with Crippen LogP contribution in [0.15, 0.2) is 60.2 Å². The molecule has 3 heterocycles. The number of benzene rings is 2. The molecule has 190 valence electrons. The van der Waals surface area contributed by atoms with Gasteiger partial charge in [0.15, 0.2) is 0 Å². The Bertz CT molecular complexity index is 1400. The van der Waals surface area contributed by atoms with Crippen molar-refractivity contribution >= 4 is 28.7 Å². The zero-order chi connectivity index (χ0) is 25.5. The highest BCUT2D eigenvalue weighted by Crippen LogP contribution is 2.42. The average Bonchev–Trinajstić information content (AvgIpc) is 3.31. The summed E-state index contributed by atoms with van der Waals surface area (Å²) in [7, 11) is 1.35. The number of nitrogens with one attached hydrogen (secondary N) is 1. The van der Waals surface area contributed by atoms with Crippen molar-refractivity contribution < 1.29 is 19.1 Å². The van der Waals surface area contributed by atoms with E-state index in [0.29, 0.717) is 18.5 Å². The third-order valence-corrected chi connectivity index (χ3v) is 8.08. The van der Waals surface area contributed by atoms with Crippen LogP contribution in [0.3, 0.4) is 0 Å². The Morgan fingerprint density at radius 2 is 1.89 bits per heavy atom. The molecule has 6 rings (SSSR count). The number of H-pyrrole nitrogens is 1. The summed E-state index contributed by atoms with van der Waals surface area (Å²) in [5, 5.41) is 1.08. The summed E-state index contributed by atoms with van der Waals surface area (Å²) in [6.07, 6.45) is 8.26. The van der Waals surface area contributed by atoms with Gasteiger partial charge in [0.1, 0.15) is 6.04 Å². The van der Waals surface area contributed by atoms with E-state index >= 15 is 0 Å². The molecule has 0 spiro atoms. The van der Waals surface area contributed by atoms with Crippen molar-refractivity contribution in [1.29, 1.82) is 0 Å². The molecule has 2 amide bonds. The molecule has 0 unspecified atom stereocenters. The molecule has 1 N–H and O–H groups in total. The zero-order valence-corrected chi connectivity index (χ0v) is 21.0. The molecule has 1 aliphatic carbocycles. The van der Waals surface area contributed by atoms with E-state index < -0.39 is 18.1 Å². The van der Waals surface area contributed by atoms with Crippen molar-refractivity contribution in [2.75, 3.05) is 20.2 Å². The molecule has 2 aliphatic heterocycles. The predicted octanol–water partition coefficient (Wildman–Crippen LogP) is 4.53. The number of aromatic amines is 1. The summed E-state index contributed by atoms with van der Waals surface area (Å²) in [6, 6.07) is 14.2. The first-order valence-corrected chi connectivity index (χ1v) is 13.1. The zero-order valence-electron chi connectivity index (χ0n) is 21.0. The summed E-state index contributed by atoms with van der Waals surface area (Å²) in [6.45, 7) is 0.675. The molecule has 0 radical (unpaired) electrons. The normalized spacial score (nSPS) is 21.5. The molecule has 37 heavy (non-hydrogen) atoms. The Hall–Kier alpha value is -3.87. The van der Waals surface area contributed by atoms with E-state index in [9.17, 15) is 14.4 Å². The van der Waals surface area contributed by atoms with Crippen molar-refractivity contribution in [2.45, 2.75) is 50.6 Å². The molecule has 1 saturated heterocycles. The van der Waals surface area contributed by atoms with Crippen molar-refractivity contribution in [3.05, 3.63) is 82.6 Å². The maximum Gasteiger partial charge on any atom is 0.337 e. The molecule has 3 aromatic rings. The number of rotatable bonds is 5. The van der Waals surface area contributed by atoms with E-state index in [1.807, 2.05) is 30.3 Å². The van der Waals surface area contributed by atoms with Gasteiger partial charge in [0.25, 0.3) is 0 Å². The highest BCUT2D eigenvalue weighted by Gasteiger charge is 2.48. The number of ether oxygens (including phenoxy) is 1. The van der Waals surface area contributed by atoms with Gasteiger partial charge in [0.2, 0.25) is 11.8 Å². The molecule has 2 atom stereocenters. The number of methoxy groups -OCH3 is 1. The van der Waals surface area contributed by atoms with Crippen LogP contribution in [0.4, 0.5) is 0 Å². The quantitative estimate of drug-likeness (QED) is 0.415. The summed E-state index contributed by atoms with van der Waals surface area (Å²) < 4.78 is 4.85. The number of carbonyl (C=O) groups is 3. The number of esters is 1. The summed E-state index contributed by atoms with van der Waals surface area (Å²) in [5.41, 5.74) is 5.71. The predicted molar refractivity (Wildman–Crippen MR) is 140 cm³/mol. The number of hydrogen-bond donors (Lipinski definition) is 1. The van der Waals surface area contributed by atoms with E-state index in [-0.39, 0.29) is 18.4 Å². The monoisotopic (exact) mass is 497 g/mol. The third kappa shape index (κ3) is 4.12. The van der Waals surface area contributed by atoms with Gasteiger partial charge in [-0.3, -0.25) is 9.59 Å². The first-order chi connectivity index (χ1) is 18.0. The van der Waals surface area contributed by atoms with Crippen LogP contribution in [0.25, 0.3) is 10.9 Å². The van der Waals surface area contributed by atoms with Crippen LogP contribution in [0.1, 0.15) is 65.3 Å². The topological polar surface area (TPSA) is 82.7 Å². The van der Waals surface area contributed by atoms with Gasteiger partial charge in [-0.05, 0) is 61.4 Å². The Morgan fingerprint density at radius 3 is 2.65 bits per heavy atom. The van der Waals surface area contributed by atoms with Gasteiger partial charge in [-0.2, -0.15) is 0 Å². The molecular weight excluding hydrogens is 466 g/mol. The van der Waals surface area contributed by atoms with Gasteiger partial charge in [-0.25, -0.2) is 4.79 Å². The second-order valence-electron chi connectivity index (χ2n) is 10.2. The van der Waals surface area contributed by atoms with E-state index in [1.54, 1.807) is 21.9 Å². The number of para-hydroxylation sites is 1. The lowest BCUT2D eigenvalue weighted by atomic mass is 9.86. The Labute approximate surface area is 216 Å². The minimum Gasteiger partial charge on any atom is -0.465 e. The van der Waals surface area contributed by atoms with E-state index in [4.69, 9.17) is 4.74 Å². The first kappa shape index (κ1) is 23.5. The summed E-state index contributed by atoms with van der Waals surface area (Å²) in [4.78, 5) is 46.6. The van der Waals surface area contributed by atoms with Gasteiger partial charge >= 0.3 is 5.97 Å². The van der Waals surface area contributed by atoms with E-state index in [2.05, 4.69) is 17.1 Å². The van der Waals surface area contributed by atoms with Crippen LogP contribution in [-0.4, -0.2) is 58.8 Å². The Kier molecular flexibility index (Phi) is 6.07. The number of aromatic nitrogens is 1. The second kappa shape index (κ2) is 9.54. The van der Waals surface area contributed by atoms with Crippen LogP contribution in [0, 0.1) is 0 Å². The fourth-order valence-corrected chi connectivity index (χ4v) is 6.19. The van der Waals surface area contributed by atoms with Crippen LogP contribution in [0.5, 0.6) is 0 Å². The number of nitrogens with zero attached hydrogens (tertiary/aromatic N) is 2. The van der Waals surface area contributed by atoms with E-state index in [1.165, 1.54) is 25.5 Å². The van der Waals surface area contributed by atoms with Gasteiger partial charge < -0.3 is 19.5 Å². The maximum atomic E-state index is 13.8. The van der Waals surface area contributed by atoms with Crippen molar-refractivity contribution in [3.63, 3.8) is 0 Å². The largest absolute Gasteiger partial charge is 0.465 e. The maximum absolute atomic E-state index is 13.8. The SMILES string of the molecule is COC(=O)c1ccc([C@H]2c3[nH]c4ccccc4c3C[C@H]3C(=O)N(CCC4=CCCCC4)CC(=O)N23)cc1. The molecule has 0 bridgehead atoms. The van der Waals surface area contributed by atoms with Crippen molar-refractivity contribution in [2.24, 2.45) is 0 Å². The van der Waals surface area contributed by atoms with Crippen molar-refractivity contribution in [1.82, 2.24) is 14.8 Å². The number of carbonyl (C=O) groups excluding carboxylic acids is 3. The fourth-order valence-electron chi connectivity index (χ4n) is 6.19. The van der Waals surface area contributed by atoms with E-state index in [0.717, 1.165) is 47.0 Å². The lowest BCUT2D eigenvalue weighted by Crippen LogP contribution is -2.63. The van der Waals surface area contributed by atoms with Gasteiger partial charge in [-0.15, -0.1) is 0 Å². The molecular formula is C30H31N3O4. The number of amides is 2. The number of hydrogen-bond acceptors (Lipinski definition) is 4. The standard InChI is InChI=1S/C30H31N3O4/c1-37-30(36)21-13-11-20(12-14-21)28-27-23(22-9-5-6-10-24(22)31-27)17-25-29(35)32(18-26(34)33(25)28)16-15-19-7-3-2-4-8-19/h5-7,9-14,25,28,31H,2-4,8,15-18H2,1H3/t25-,28-/m0/s1. The molecule has 1 fully saturated rings. The van der Waals surface area contributed by atoms with Crippen LogP contribution >= 0.6 is 0 Å². The minimum absolute atomic E-state index is 0.0168. The highest BCUT2D eigenvalue weighted by atomic mass is 16.5. The van der Waals surface area contributed by atoms with Crippen molar-refractivity contribution in [3.8, 4) is 0 Å². The number of fused-ring (bicyclic) bond motifs is 4. The van der Waals surface area contributed by atoms with Crippen LogP contribution in [0.2, 0.25) is 0 Å². The Balaban J connectivity index is 1.38. The third-order valence-electron chi connectivity index (χ3n) is 8.08. The van der Waals surface area contributed by atoms with Gasteiger partial charge in [0.05, 0.1) is 25.3 Å². The molecule has 3 aliphatic rings. The smallest absolute Gasteiger partial charge is 0.337 e. The van der Waals surface area contributed by atoms with Crippen LogP contribution < -0.4 is 0 Å². The molecule has 7 nitrogen and oxygen atoms in total. The summed E-state index contributed by atoms with van der Waals surface area (Å²) in [5.74, 6) is -0.441. The number of piperazine rings is 1. The second-order valence-corrected chi connectivity index (χ2v) is 10.2. The molecule has 0 saturated carbocycles. The first-order valence-electron chi connectivity index (χ1n) is 13.1.